The number of alkyl halides is 3. The van der Waals surface area contributed by atoms with E-state index in [0.29, 0.717) is 16.3 Å². The van der Waals surface area contributed by atoms with Crippen molar-refractivity contribution >= 4 is 38.7 Å². The summed E-state index contributed by atoms with van der Waals surface area (Å²) >= 11 is 1.23. The molecule has 1 fully saturated rings. The highest BCUT2D eigenvalue weighted by Crippen LogP contribution is 2.40. The standard InChI is InChI=1S/C31H36F4N4O3S/c1-36-30(41)22-16-27(42-15-14-40)26(17-24(22)32)37-13-5-8-28-23(18-31(33,34)35)21-6-4-7-25(29(21)43-28)38-19-9-11-20(12-10-19)39(2)3/h4,6-7,16-17,19-20,37-38,40H,9-15,18H2,1-3H3,(H,36,41). The molecule has 0 unspecified atom stereocenters. The number of hydrogen-bond acceptors (Lipinski definition) is 7. The summed E-state index contributed by atoms with van der Waals surface area (Å²) in [5.74, 6) is 4.44. The second kappa shape index (κ2) is 14.3. The molecule has 1 heterocycles. The Morgan fingerprint density at radius 2 is 1.91 bits per heavy atom. The van der Waals surface area contributed by atoms with Gasteiger partial charge >= 0.3 is 6.18 Å². The Morgan fingerprint density at radius 1 is 1.16 bits per heavy atom. The second-order valence-electron chi connectivity index (χ2n) is 10.6. The summed E-state index contributed by atoms with van der Waals surface area (Å²) in [6.07, 6.45) is -1.45. The van der Waals surface area contributed by atoms with Gasteiger partial charge in [-0.1, -0.05) is 24.0 Å². The number of carbonyl (C=O) groups is 1. The second-order valence-corrected chi connectivity index (χ2v) is 11.7. The largest absolute Gasteiger partial charge is 0.489 e. The third kappa shape index (κ3) is 8.31. The van der Waals surface area contributed by atoms with E-state index in [9.17, 15) is 22.4 Å². The number of fused-ring (bicyclic) bond motifs is 1. The highest BCUT2D eigenvalue weighted by Gasteiger charge is 2.31. The third-order valence-electron chi connectivity index (χ3n) is 7.44. The lowest BCUT2D eigenvalue weighted by molar-refractivity contribution is -0.126. The first-order valence-electron chi connectivity index (χ1n) is 14.1. The fourth-order valence-corrected chi connectivity index (χ4v) is 6.43. The van der Waals surface area contributed by atoms with E-state index in [1.165, 1.54) is 24.5 Å². The van der Waals surface area contributed by atoms with Gasteiger partial charge in [-0.2, -0.15) is 13.2 Å². The number of nitrogens with one attached hydrogen (secondary N) is 3. The van der Waals surface area contributed by atoms with Crippen LogP contribution < -0.4 is 20.7 Å². The fourth-order valence-electron chi connectivity index (χ4n) is 5.26. The molecule has 0 saturated heterocycles. The molecule has 3 aromatic rings. The monoisotopic (exact) mass is 620 g/mol. The van der Waals surface area contributed by atoms with Gasteiger partial charge in [-0.05, 0) is 62.9 Å². The van der Waals surface area contributed by atoms with Crippen LogP contribution >= 0.6 is 11.3 Å². The predicted octanol–water partition coefficient (Wildman–Crippen LogP) is 5.62. The number of carbonyl (C=O) groups excluding carboxylic acids is 1. The molecule has 1 amide bonds. The summed E-state index contributed by atoms with van der Waals surface area (Å²) < 4.78 is 61.7. The lowest BCUT2D eigenvalue weighted by Gasteiger charge is -2.33. The summed E-state index contributed by atoms with van der Waals surface area (Å²) in [5, 5.41) is 18.5. The molecule has 43 heavy (non-hydrogen) atoms. The van der Waals surface area contributed by atoms with Crippen LogP contribution in [0, 0.1) is 17.7 Å². The number of hydrogen-bond donors (Lipinski definition) is 4. The van der Waals surface area contributed by atoms with Crippen molar-refractivity contribution < 1.29 is 32.2 Å². The first-order valence-corrected chi connectivity index (χ1v) is 14.9. The molecule has 4 rings (SSSR count). The van der Waals surface area contributed by atoms with Crippen LogP contribution in [0.15, 0.2) is 30.3 Å². The van der Waals surface area contributed by atoms with Crippen LogP contribution in [0.4, 0.5) is 28.9 Å². The fraction of sp³-hybridized carbons (Fsp3) is 0.452. The number of rotatable bonds is 10. The molecule has 7 nitrogen and oxygen atoms in total. The maximum Gasteiger partial charge on any atom is 0.393 e. The number of thiophene rings is 1. The van der Waals surface area contributed by atoms with Crippen LogP contribution in [0.5, 0.6) is 5.75 Å². The Labute approximate surface area is 252 Å². The zero-order chi connectivity index (χ0) is 31.1. The van der Waals surface area contributed by atoms with E-state index in [1.807, 2.05) is 6.07 Å². The Balaban J connectivity index is 1.58. The molecule has 0 spiro atoms. The van der Waals surface area contributed by atoms with E-state index in [0.717, 1.165) is 42.1 Å². The Bertz CT molecular complexity index is 1490. The number of aliphatic hydroxyl groups is 1. The maximum absolute atomic E-state index is 14.6. The van der Waals surface area contributed by atoms with E-state index in [4.69, 9.17) is 9.84 Å². The quantitative estimate of drug-likeness (QED) is 0.174. The third-order valence-corrected chi connectivity index (χ3v) is 8.64. The van der Waals surface area contributed by atoms with Gasteiger partial charge in [0.25, 0.3) is 5.91 Å². The molecule has 12 heteroatoms. The molecule has 4 N–H and O–H groups in total. The summed E-state index contributed by atoms with van der Waals surface area (Å²) in [6.45, 7) is -0.419. The summed E-state index contributed by atoms with van der Waals surface area (Å²) in [5.41, 5.74) is 0.898. The molecule has 0 aliphatic heterocycles. The number of anilines is 2. The van der Waals surface area contributed by atoms with Crippen LogP contribution in [0.1, 0.15) is 46.5 Å². The molecule has 1 aliphatic rings. The zero-order valence-electron chi connectivity index (χ0n) is 24.3. The minimum Gasteiger partial charge on any atom is -0.489 e. The van der Waals surface area contributed by atoms with Crippen molar-refractivity contribution in [3.63, 3.8) is 0 Å². The highest BCUT2D eigenvalue weighted by molar-refractivity contribution is 7.20. The summed E-state index contributed by atoms with van der Waals surface area (Å²) in [6, 6.07) is 8.45. The molecule has 1 aromatic heterocycles. The van der Waals surface area contributed by atoms with Crippen LogP contribution in [0.2, 0.25) is 0 Å². The lowest BCUT2D eigenvalue weighted by atomic mass is 9.90. The van der Waals surface area contributed by atoms with Gasteiger partial charge in [0.1, 0.15) is 18.2 Å². The van der Waals surface area contributed by atoms with Crippen LogP contribution in [-0.4, -0.2) is 75.1 Å². The van der Waals surface area contributed by atoms with E-state index in [1.54, 1.807) is 12.1 Å². The van der Waals surface area contributed by atoms with Crippen LogP contribution in [0.25, 0.3) is 10.1 Å². The van der Waals surface area contributed by atoms with Crippen molar-refractivity contribution in [3.8, 4) is 17.6 Å². The molecule has 1 aliphatic carbocycles. The molecule has 0 bridgehead atoms. The molecular formula is C31H36F4N4O3S. The first-order chi connectivity index (χ1) is 20.5. The van der Waals surface area contributed by atoms with Crippen molar-refractivity contribution in [3.05, 3.63) is 52.2 Å². The molecule has 1 saturated carbocycles. The normalized spacial score (nSPS) is 17.0. The molecule has 0 atom stereocenters. The Kier molecular flexibility index (Phi) is 10.8. The van der Waals surface area contributed by atoms with E-state index < -0.39 is 24.3 Å². The minimum atomic E-state index is -4.42. The number of aliphatic hydroxyl groups excluding tert-OH is 1. The molecular weight excluding hydrogens is 584 g/mol. The Hall–Kier alpha value is -3.53. The SMILES string of the molecule is CNC(=O)c1cc(OCCO)c(NCC#Cc2sc3c(NC4CCC(N(C)C)CC4)cccc3c2CC(F)(F)F)cc1F. The lowest BCUT2D eigenvalue weighted by Crippen LogP contribution is -2.36. The molecule has 232 valence electrons. The molecule has 2 aromatic carbocycles. The maximum atomic E-state index is 14.6. The highest BCUT2D eigenvalue weighted by atomic mass is 32.1. The predicted molar refractivity (Wildman–Crippen MR) is 163 cm³/mol. The van der Waals surface area contributed by atoms with Crippen molar-refractivity contribution in [2.75, 3.05) is 51.5 Å². The molecule has 0 radical (unpaired) electrons. The average molecular weight is 621 g/mol. The van der Waals surface area contributed by atoms with Crippen LogP contribution in [-0.2, 0) is 6.42 Å². The smallest absolute Gasteiger partial charge is 0.393 e. The topological polar surface area (TPSA) is 85.9 Å². The number of ether oxygens (including phenoxy) is 1. The van der Waals surface area contributed by atoms with Gasteiger partial charge in [0, 0.05) is 25.2 Å². The van der Waals surface area contributed by atoms with Crippen molar-refractivity contribution in [2.24, 2.45) is 0 Å². The van der Waals surface area contributed by atoms with Crippen molar-refractivity contribution in [2.45, 2.75) is 50.4 Å². The zero-order valence-corrected chi connectivity index (χ0v) is 25.1. The number of amides is 1. The summed E-state index contributed by atoms with van der Waals surface area (Å²) in [4.78, 5) is 14.5. The van der Waals surface area contributed by atoms with Crippen molar-refractivity contribution in [1.82, 2.24) is 10.2 Å². The van der Waals surface area contributed by atoms with E-state index >= 15 is 0 Å². The van der Waals surface area contributed by atoms with Gasteiger partial charge in [0.15, 0.2) is 0 Å². The first kappa shape index (κ1) is 32.4. The van der Waals surface area contributed by atoms with E-state index in [2.05, 4.69) is 46.8 Å². The average Bonchev–Trinajstić information content (AvgIpc) is 3.31. The van der Waals surface area contributed by atoms with Gasteiger partial charge in [-0.25, -0.2) is 4.39 Å². The Morgan fingerprint density at radius 3 is 2.56 bits per heavy atom. The summed E-state index contributed by atoms with van der Waals surface area (Å²) in [7, 11) is 5.53. The van der Waals surface area contributed by atoms with E-state index in [-0.39, 0.29) is 48.4 Å². The van der Waals surface area contributed by atoms with Crippen molar-refractivity contribution in [1.29, 1.82) is 0 Å². The van der Waals surface area contributed by atoms with Gasteiger partial charge in [0.05, 0.1) is 46.1 Å². The van der Waals surface area contributed by atoms with Gasteiger partial charge in [0.2, 0.25) is 0 Å². The van der Waals surface area contributed by atoms with Gasteiger partial charge in [-0.15, -0.1) is 11.3 Å². The number of benzene rings is 2. The minimum absolute atomic E-state index is 0.0336. The van der Waals surface area contributed by atoms with Crippen LogP contribution in [0.3, 0.4) is 0 Å². The van der Waals surface area contributed by atoms with Gasteiger partial charge < -0.3 is 30.7 Å². The number of halogens is 4. The number of nitrogens with zero attached hydrogens (tertiary/aromatic N) is 1. The van der Waals surface area contributed by atoms with Gasteiger partial charge in [-0.3, -0.25) is 4.79 Å².